The van der Waals surface area contributed by atoms with Crippen molar-refractivity contribution < 1.29 is 14.3 Å². The number of carbonyl (C=O) groups excluding carboxylic acids is 2. The van der Waals surface area contributed by atoms with Gasteiger partial charge in [-0.25, -0.2) is 0 Å². The fraction of sp³-hybridized carbons (Fsp3) is 0.333. The number of anilines is 1. The first-order valence-electron chi connectivity index (χ1n) is 9.30. The van der Waals surface area contributed by atoms with E-state index in [0.29, 0.717) is 27.0 Å². The van der Waals surface area contributed by atoms with Crippen molar-refractivity contribution >= 4 is 52.5 Å². The lowest BCUT2D eigenvalue weighted by Gasteiger charge is -2.26. The molecule has 0 saturated carbocycles. The van der Waals surface area contributed by atoms with Gasteiger partial charge in [-0.05, 0) is 42.8 Å². The summed E-state index contributed by atoms with van der Waals surface area (Å²) in [6.45, 7) is 3.60. The Labute approximate surface area is 184 Å². The summed E-state index contributed by atoms with van der Waals surface area (Å²) in [5.41, 5.74) is 2.17. The summed E-state index contributed by atoms with van der Waals surface area (Å²) in [6.07, 6.45) is 0.161. The number of thioether (sulfide) groups is 1. The van der Waals surface area contributed by atoms with Crippen LogP contribution in [-0.4, -0.2) is 47.9 Å². The molecule has 1 aliphatic heterocycles. The highest BCUT2D eigenvalue weighted by Crippen LogP contribution is 2.31. The smallest absolute Gasteiger partial charge is 0.253 e. The van der Waals surface area contributed by atoms with Crippen LogP contribution in [0, 0.1) is 6.92 Å². The molecule has 1 saturated heterocycles. The Morgan fingerprint density at radius 3 is 2.66 bits per heavy atom. The normalized spacial score (nSPS) is 13.8. The summed E-state index contributed by atoms with van der Waals surface area (Å²) >= 11 is 13.9. The number of nitrogens with zero attached hydrogens (tertiary/aromatic N) is 1. The summed E-state index contributed by atoms with van der Waals surface area (Å²) in [5.74, 6) is 2.25. The van der Waals surface area contributed by atoms with Gasteiger partial charge in [-0.2, -0.15) is 11.8 Å². The number of nitrogens with one attached hydrogen (secondary N) is 1. The third-order valence-electron chi connectivity index (χ3n) is 4.55. The van der Waals surface area contributed by atoms with Crippen LogP contribution in [0.4, 0.5) is 5.69 Å². The van der Waals surface area contributed by atoms with Crippen LogP contribution in [0.5, 0.6) is 5.75 Å². The molecule has 0 spiro atoms. The number of hydrogen-bond acceptors (Lipinski definition) is 4. The predicted molar refractivity (Wildman–Crippen MR) is 120 cm³/mol. The van der Waals surface area contributed by atoms with Crippen molar-refractivity contribution in [1.82, 2.24) is 4.90 Å². The number of amides is 2. The van der Waals surface area contributed by atoms with Crippen molar-refractivity contribution in [3.63, 3.8) is 0 Å². The van der Waals surface area contributed by atoms with Gasteiger partial charge in [0.25, 0.3) is 5.91 Å². The minimum atomic E-state index is -0.182. The van der Waals surface area contributed by atoms with Crippen LogP contribution in [0.2, 0.25) is 10.0 Å². The third kappa shape index (κ3) is 5.81. The highest BCUT2D eigenvalue weighted by atomic mass is 35.5. The van der Waals surface area contributed by atoms with Crippen LogP contribution < -0.4 is 10.1 Å². The van der Waals surface area contributed by atoms with Crippen molar-refractivity contribution in [2.45, 2.75) is 13.3 Å². The molecule has 1 heterocycles. The number of hydrogen-bond donors (Lipinski definition) is 1. The number of benzene rings is 2. The largest absolute Gasteiger partial charge is 0.491 e. The average Bonchev–Trinajstić information content (AvgIpc) is 2.73. The van der Waals surface area contributed by atoms with Crippen LogP contribution in [0.25, 0.3) is 0 Å². The first kappa shape index (κ1) is 21.8. The molecule has 2 amide bonds. The van der Waals surface area contributed by atoms with Gasteiger partial charge < -0.3 is 15.0 Å². The Hall–Kier alpha value is -1.89. The Balaban J connectivity index is 1.53. The van der Waals surface area contributed by atoms with Crippen molar-refractivity contribution in [1.29, 1.82) is 0 Å². The molecule has 0 aliphatic carbocycles. The van der Waals surface area contributed by atoms with Gasteiger partial charge in [-0.1, -0.05) is 29.3 Å². The zero-order valence-electron chi connectivity index (χ0n) is 16.0. The van der Waals surface area contributed by atoms with Gasteiger partial charge >= 0.3 is 0 Å². The zero-order valence-corrected chi connectivity index (χ0v) is 18.4. The molecule has 1 aliphatic rings. The summed E-state index contributed by atoms with van der Waals surface area (Å²) in [6, 6.07) is 10.5. The standard InChI is InChI=1S/C21H22Cl2N2O3S/c1-14-13-15(21(27)25-8-11-29-12-9-25)5-6-17(14)24-19(26)7-10-28-18-4-2-3-16(22)20(18)23/h2-6,13H,7-12H2,1H3,(H,24,26). The number of aryl methyl sites for hydroxylation is 1. The molecular formula is C21H22Cl2N2O3S. The maximum Gasteiger partial charge on any atom is 0.253 e. The second kappa shape index (κ2) is 10.2. The van der Waals surface area contributed by atoms with Gasteiger partial charge in [0.05, 0.1) is 18.1 Å². The van der Waals surface area contributed by atoms with E-state index in [4.69, 9.17) is 27.9 Å². The van der Waals surface area contributed by atoms with E-state index in [2.05, 4.69) is 5.32 Å². The van der Waals surface area contributed by atoms with E-state index in [0.717, 1.165) is 30.2 Å². The quantitative estimate of drug-likeness (QED) is 0.676. The number of rotatable bonds is 6. The van der Waals surface area contributed by atoms with Crippen LogP contribution in [0.15, 0.2) is 36.4 Å². The number of ether oxygens (including phenoxy) is 1. The van der Waals surface area contributed by atoms with Crippen molar-refractivity contribution in [3.05, 3.63) is 57.6 Å². The van der Waals surface area contributed by atoms with Crippen LogP contribution in [0.3, 0.4) is 0 Å². The minimum Gasteiger partial charge on any atom is -0.491 e. The van der Waals surface area contributed by atoms with Gasteiger partial charge in [0, 0.05) is 35.8 Å². The average molecular weight is 453 g/mol. The number of carbonyl (C=O) groups is 2. The van der Waals surface area contributed by atoms with E-state index in [-0.39, 0.29) is 24.8 Å². The fourth-order valence-electron chi connectivity index (χ4n) is 2.95. The molecular weight excluding hydrogens is 431 g/mol. The second-order valence-electron chi connectivity index (χ2n) is 6.63. The lowest BCUT2D eigenvalue weighted by atomic mass is 10.1. The summed E-state index contributed by atoms with van der Waals surface area (Å²) in [5, 5.41) is 3.60. The molecule has 0 bridgehead atoms. The molecule has 5 nitrogen and oxygen atoms in total. The fourth-order valence-corrected chi connectivity index (χ4v) is 4.20. The second-order valence-corrected chi connectivity index (χ2v) is 8.64. The molecule has 3 rings (SSSR count). The number of halogens is 2. The molecule has 0 unspecified atom stereocenters. The third-order valence-corrected chi connectivity index (χ3v) is 6.29. The topological polar surface area (TPSA) is 58.6 Å². The molecule has 2 aromatic rings. The first-order valence-corrected chi connectivity index (χ1v) is 11.2. The predicted octanol–water partition coefficient (Wildman–Crippen LogP) is 4.90. The molecule has 0 radical (unpaired) electrons. The van der Waals surface area contributed by atoms with Crippen molar-refractivity contribution in [3.8, 4) is 5.75 Å². The lowest BCUT2D eigenvalue weighted by Crippen LogP contribution is -2.37. The summed E-state index contributed by atoms with van der Waals surface area (Å²) in [4.78, 5) is 26.7. The molecule has 154 valence electrons. The van der Waals surface area contributed by atoms with Gasteiger partial charge in [0.1, 0.15) is 10.8 Å². The zero-order chi connectivity index (χ0) is 20.8. The monoisotopic (exact) mass is 452 g/mol. The summed E-state index contributed by atoms with van der Waals surface area (Å²) in [7, 11) is 0. The van der Waals surface area contributed by atoms with E-state index in [1.54, 1.807) is 30.3 Å². The maximum atomic E-state index is 12.6. The SMILES string of the molecule is Cc1cc(C(=O)N2CCSCC2)ccc1NC(=O)CCOc1cccc(Cl)c1Cl. The van der Waals surface area contributed by atoms with E-state index in [1.165, 1.54) is 0 Å². The molecule has 2 aromatic carbocycles. The van der Waals surface area contributed by atoms with Gasteiger partial charge in [0.2, 0.25) is 5.91 Å². The molecule has 0 aromatic heterocycles. The Bertz CT molecular complexity index is 901. The van der Waals surface area contributed by atoms with Crippen LogP contribution >= 0.6 is 35.0 Å². The van der Waals surface area contributed by atoms with Gasteiger partial charge in [-0.3, -0.25) is 9.59 Å². The minimum absolute atomic E-state index is 0.0399. The maximum absolute atomic E-state index is 12.6. The highest BCUT2D eigenvalue weighted by Gasteiger charge is 2.19. The lowest BCUT2D eigenvalue weighted by molar-refractivity contribution is -0.116. The van der Waals surface area contributed by atoms with E-state index < -0.39 is 0 Å². The van der Waals surface area contributed by atoms with Crippen molar-refractivity contribution in [2.75, 3.05) is 36.5 Å². The molecule has 0 atom stereocenters. The van der Waals surface area contributed by atoms with E-state index in [9.17, 15) is 9.59 Å². The van der Waals surface area contributed by atoms with E-state index >= 15 is 0 Å². The Morgan fingerprint density at radius 1 is 1.17 bits per heavy atom. The molecule has 1 fully saturated rings. The van der Waals surface area contributed by atoms with Gasteiger partial charge in [-0.15, -0.1) is 0 Å². The first-order chi connectivity index (χ1) is 14.0. The van der Waals surface area contributed by atoms with Crippen LogP contribution in [0.1, 0.15) is 22.3 Å². The molecule has 29 heavy (non-hydrogen) atoms. The Kier molecular flexibility index (Phi) is 7.70. The van der Waals surface area contributed by atoms with Crippen LogP contribution in [-0.2, 0) is 4.79 Å². The molecule has 1 N–H and O–H groups in total. The molecule has 8 heteroatoms. The van der Waals surface area contributed by atoms with E-state index in [1.807, 2.05) is 29.7 Å². The summed E-state index contributed by atoms with van der Waals surface area (Å²) < 4.78 is 5.54. The van der Waals surface area contributed by atoms with Crippen molar-refractivity contribution in [2.24, 2.45) is 0 Å². The Morgan fingerprint density at radius 2 is 1.93 bits per heavy atom. The highest BCUT2D eigenvalue weighted by molar-refractivity contribution is 7.99. The van der Waals surface area contributed by atoms with Gasteiger partial charge in [0.15, 0.2) is 0 Å².